The first-order valence-electron chi connectivity index (χ1n) is 5.85. The van der Waals surface area contributed by atoms with E-state index in [1.165, 1.54) is 12.1 Å². The second-order valence-corrected chi connectivity index (χ2v) is 5.19. The van der Waals surface area contributed by atoms with Crippen LogP contribution in [0.3, 0.4) is 0 Å². The molecular weight excluding hydrogens is 311 g/mol. The molecule has 2 aromatic carbocycles. The van der Waals surface area contributed by atoms with Crippen molar-refractivity contribution in [1.29, 1.82) is 0 Å². The van der Waals surface area contributed by atoms with E-state index in [-0.39, 0.29) is 5.82 Å². The Morgan fingerprint density at radius 1 is 1.26 bits per heavy atom. The smallest absolute Gasteiger partial charge is 0.124 e. The number of halogens is 2. The van der Waals surface area contributed by atoms with Gasteiger partial charge >= 0.3 is 0 Å². The first-order chi connectivity index (χ1) is 9.08. The molecule has 2 rings (SSSR count). The van der Waals surface area contributed by atoms with Crippen molar-refractivity contribution >= 4 is 15.9 Å². The first kappa shape index (κ1) is 14.0. The van der Waals surface area contributed by atoms with Crippen LogP contribution >= 0.6 is 15.9 Å². The Labute approximate surface area is 120 Å². The summed E-state index contributed by atoms with van der Waals surface area (Å²) in [7, 11) is 1.58. The van der Waals surface area contributed by atoms with Gasteiger partial charge in [-0.05, 0) is 41.5 Å². The lowest BCUT2D eigenvalue weighted by Gasteiger charge is -2.12. The highest BCUT2D eigenvalue weighted by atomic mass is 79.9. The lowest BCUT2D eigenvalue weighted by molar-refractivity contribution is 0.178. The summed E-state index contributed by atoms with van der Waals surface area (Å²) >= 11 is 3.24. The fourth-order valence-electron chi connectivity index (χ4n) is 1.92. The minimum absolute atomic E-state index is 0.317. The van der Waals surface area contributed by atoms with Crippen molar-refractivity contribution in [3.63, 3.8) is 0 Å². The van der Waals surface area contributed by atoms with E-state index in [4.69, 9.17) is 4.74 Å². The fraction of sp³-hybridized carbons (Fsp3) is 0.200. The monoisotopic (exact) mass is 324 g/mol. The van der Waals surface area contributed by atoms with Gasteiger partial charge in [-0.1, -0.05) is 28.1 Å². The maximum Gasteiger partial charge on any atom is 0.124 e. The molecule has 0 heterocycles. The normalized spacial score (nSPS) is 12.2. The highest BCUT2D eigenvalue weighted by molar-refractivity contribution is 9.10. The Morgan fingerprint density at radius 3 is 2.74 bits per heavy atom. The molecule has 19 heavy (non-hydrogen) atoms. The van der Waals surface area contributed by atoms with Crippen LogP contribution in [0.15, 0.2) is 46.9 Å². The molecular formula is C15H14BrFO2. The largest absolute Gasteiger partial charge is 0.497 e. The Balaban J connectivity index is 2.17. The van der Waals surface area contributed by atoms with Gasteiger partial charge in [-0.2, -0.15) is 0 Å². The molecule has 2 aromatic rings. The first-order valence-corrected chi connectivity index (χ1v) is 6.65. The number of methoxy groups -OCH3 is 1. The number of rotatable bonds is 4. The number of aliphatic hydroxyl groups is 1. The topological polar surface area (TPSA) is 29.5 Å². The molecule has 0 saturated heterocycles. The molecule has 0 aliphatic rings. The highest BCUT2D eigenvalue weighted by Gasteiger charge is 2.10. The lowest BCUT2D eigenvalue weighted by Crippen LogP contribution is -2.02. The minimum atomic E-state index is -0.691. The summed E-state index contributed by atoms with van der Waals surface area (Å²) in [4.78, 5) is 0. The molecule has 2 nitrogen and oxygen atoms in total. The zero-order valence-corrected chi connectivity index (χ0v) is 12.0. The quantitative estimate of drug-likeness (QED) is 0.925. The molecule has 1 unspecified atom stereocenters. The summed E-state index contributed by atoms with van der Waals surface area (Å²) in [6.07, 6.45) is -0.340. The van der Waals surface area contributed by atoms with E-state index in [0.29, 0.717) is 16.6 Å². The number of ether oxygens (including phenoxy) is 1. The number of aliphatic hydroxyl groups excluding tert-OH is 1. The summed E-state index contributed by atoms with van der Waals surface area (Å²) in [5.74, 6) is 0.374. The van der Waals surface area contributed by atoms with Crippen LogP contribution in [-0.4, -0.2) is 12.2 Å². The molecule has 0 aromatic heterocycles. The molecule has 0 saturated carbocycles. The van der Waals surface area contributed by atoms with E-state index < -0.39 is 6.10 Å². The van der Waals surface area contributed by atoms with Gasteiger partial charge in [0.15, 0.2) is 0 Å². The van der Waals surface area contributed by atoms with Gasteiger partial charge in [0.05, 0.1) is 13.2 Å². The maximum absolute atomic E-state index is 13.3. The summed E-state index contributed by atoms with van der Waals surface area (Å²) in [5, 5.41) is 10.2. The van der Waals surface area contributed by atoms with Crippen molar-refractivity contribution in [2.75, 3.05) is 7.11 Å². The molecule has 4 heteroatoms. The van der Waals surface area contributed by atoms with Crippen LogP contribution in [0, 0.1) is 5.82 Å². The van der Waals surface area contributed by atoms with Gasteiger partial charge in [-0.3, -0.25) is 0 Å². The molecule has 100 valence electrons. The van der Waals surface area contributed by atoms with Crippen LogP contribution in [0.4, 0.5) is 4.39 Å². The van der Waals surface area contributed by atoms with Crippen molar-refractivity contribution in [2.45, 2.75) is 12.5 Å². The third kappa shape index (κ3) is 3.78. The average Bonchev–Trinajstić information content (AvgIpc) is 2.37. The fourth-order valence-corrected chi connectivity index (χ4v) is 2.43. The van der Waals surface area contributed by atoms with E-state index in [9.17, 15) is 9.50 Å². The zero-order chi connectivity index (χ0) is 13.8. The van der Waals surface area contributed by atoms with Gasteiger partial charge in [-0.25, -0.2) is 4.39 Å². The second kappa shape index (κ2) is 6.17. The van der Waals surface area contributed by atoms with Crippen LogP contribution in [0.1, 0.15) is 17.2 Å². The van der Waals surface area contributed by atoms with Crippen LogP contribution in [0.5, 0.6) is 5.75 Å². The van der Waals surface area contributed by atoms with E-state index in [2.05, 4.69) is 15.9 Å². The molecule has 0 spiro atoms. The predicted molar refractivity (Wildman–Crippen MR) is 75.8 cm³/mol. The van der Waals surface area contributed by atoms with Crippen LogP contribution in [0.25, 0.3) is 0 Å². The van der Waals surface area contributed by atoms with Gasteiger partial charge < -0.3 is 9.84 Å². The van der Waals surface area contributed by atoms with Gasteiger partial charge in [0.2, 0.25) is 0 Å². The van der Waals surface area contributed by atoms with Crippen molar-refractivity contribution in [3.8, 4) is 5.75 Å². The zero-order valence-electron chi connectivity index (χ0n) is 10.4. The van der Waals surface area contributed by atoms with Crippen LogP contribution < -0.4 is 4.74 Å². The molecule has 0 aliphatic carbocycles. The van der Waals surface area contributed by atoms with E-state index >= 15 is 0 Å². The van der Waals surface area contributed by atoms with Crippen LogP contribution in [0.2, 0.25) is 0 Å². The van der Waals surface area contributed by atoms with Gasteiger partial charge in [0.25, 0.3) is 0 Å². The summed E-state index contributed by atoms with van der Waals surface area (Å²) in [6.45, 7) is 0. The second-order valence-electron chi connectivity index (χ2n) is 4.27. The maximum atomic E-state index is 13.3. The number of hydrogen-bond donors (Lipinski definition) is 1. The van der Waals surface area contributed by atoms with E-state index in [1.54, 1.807) is 19.2 Å². The third-order valence-corrected chi connectivity index (χ3v) is 3.29. The summed E-state index contributed by atoms with van der Waals surface area (Å²) in [6, 6.07) is 11.8. The van der Waals surface area contributed by atoms with E-state index in [1.807, 2.05) is 18.2 Å². The Bertz CT molecular complexity index is 552. The SMILES string of the molecule is COc1cccc(C(O)Cc2cc(F)cc(Br)c2)c1. The minimum Gasteiger partial charge on any atom is -0.497 e. The van der Waals surface area contributed by atoms with Crippen molar-refractivity contribution in [3.05, 3.63) is 63.9 Å². The Morgan fingerprint density at radius 2 is 2.05 bits per heavy atom. The lowest BCUT2D eigenvalue weighted by atomic mass is 10.0. The van der Waals surface area contributed by atoms with E-state index in [0.717, 1.165) is 11.1 Å². The summed E-state index contributed by atoms with van der Waals surface area (Å²) in [5.41, 5.74) is 1.49. The summed E-state index contributed by atoms with van der Waals surface area (Å²) < 4.78 is 19.0. The standard InChI is InChI=1S/C15H14BrFO2/c1-19-14-4-2-3-11(8-14)15(18)7-10-5-12(16)9-13(17)6-10/h2-6,8-9,15,18H,7H2,1H3. The van der Waals surface area contributed by atoms with Crippen LogP contribution in [-0.2, 0) is 6.42 Å². The van der Waals surface area contributed by atoms with Crippen molar-refractivity contribution in [2.24, 2.45) is 0 Å². The molecule has 0 radical (unpaired) electrons. The molecule has 0 aliphatic heterocycles. The molecule has 0 bridgehead atoms. The Hall–Kier alpha value is -1.39. The van der Waals surface area contributed by atoms with Gasteiger partial charge in [0, 0.05) is 10.9 Å². The van der Waals surface area contributed by atoms with Crippen molar-refractivity contribution in [1.82, 2.24) is 0 Å². The number of hydrogen-bond acceptors (Lipinski definition) is 2. The third-order valence-electron chi connectivity index (χ3n) is 2.83. The molecule has 1 N–H and O–H groups in total. The molecule has 0 amide bonds. The predicted octanol–water partition coefficient (Wildman–Crippen LogP) is 3.87. The molecule has 1 atom stereocenters. The highest BCUT2D eigenvalue weighted by Crippen LogP contribution is 2.24. The Kier molecular flexibility index (Phi) is 4.56. The van der Waals surface area contributed by atoms with Crippen molar-refractivity contribution < 1.29 is 14.2 Å². The average molecular weight is 325 g/mol. The van der Waals surface area contributed by atoms with Gasteiger partial charge in [-0.15, -0.1) is 0 Å². The van der Waals surface area contributed by atoms with Gasteiger partial charge in [0.1, 0.15) is 11.6 Å². The molecule has 0 fully saturated rings. The number of benzene rings is 2.